The molecule has 1 aliphatic rings. The van der Waals surface area contributed by atoms with E-state index < -0.39 is 4.92 Å². The number of aryl methyl sites for hydroxylation is 3. The molecule has 3 heterocycles. The number of hydrogen-bond donors (Lipinski definition) is 2. The highest BCUT2D eigenvalue weighted by Gasteiger charge is 2.41. The molecule has 2 aromatic heterocycles. The molecule has 1 saturated heterocycles. The molecule has 1 fully saturated rings. The zero-order chi connectivity index (χ0) is 30.8. The van der Waals surface area contributed by atoms with Crippen LogP contribution in [0.2, 0.25) is 0 Å². The van der Waals surface area contributed by atoms with Gasteiger partial charge < -0.3 is 24.8 Å². The van der Waals surface area contributed by atoms with Crippen LogP contribution in [-0.2, 0) is 4.79 Å². The third-order valence-electron chi connectivity index (χ3n) is 7.85. The van der Waals surface area contributed by atoms with Crippen LogP contribution in [0.3, 0.4) is 0 Å². The first-order valence-electron chi connectivity index (χ1n) is 14.0. The number of ether oxygens (including phenoxy) is 1. The van der Waals surface area contributed by atoms with Crippen molar-refractivity contribution in [3.63, 3.8) is 0 Å². The van der Waals surface area contributed by atoms with E-state index in [1.807, 2.05) is 79.6 Å². The number of rotatable bonds is 9. The van der Waals surface area contributed by atoms with Crippen molar-refractivity contribution in [1.29, 1.82) is 0 Å². The van der Waals surface area contributed by atoms with Crippen molar-refractivity contribution in [1.82, 2.24) is 19.8 Å². The number of amides is 1. The highest BCUT2D eigenvalue weighted by atomic mass is 32.1. The average Bonchev–Trinajstić information content (AvgIpc) is 3.47. The fourth-order valence-electron chi connectivity index (χ4n) is 5.71. The predicted molar refractivity (Wildman–Crippen MR) is 170 cm³/mol. The molecule has 0 bridgehead atoms. The number of nitro benzene ring substituents is 1. The van der Waals surface area contributed by atoms with Crippen LogP contribution in [0.25, 0.3) is 5.69 Å². The predicted octanol–water partition coefficient (Wildman–Crippen LogP) is 6.02. The van der Waals surface area contributed by atoms with Crippen molar-refractivity contribution in [2.45, 2.75) is 46.2 Å². The second-order valence-corrected chi connectivity index (χ2v) is 11.1. The largest absolute Gasteiger partial charge is 0.496 e. The van der Waals surface area contributed by atoms with Gasteiger partial charge in [0.25, 0.3) is 5.69 Å². The highest BCUT2D eigenvalue weighted by molar-refractivity contribution is 7.80. The summed E-state index contributed by atoms with van der Waals surface area (Å²) >= 11 is 5.82. The Bertz CT molecular complexity index is 1700. The molecule has 0 radical (unpaired) electrons. The Morgan fingerprint density at radius 2 is 1.91 bits per heavy atom. The minimum Gasteiger partial charge on any atom is -0.496 e. The fraction of sp³-hybridized carbons (Fsp3) is 0.281. The van der Waals surface area contributed by atoms with E-state index in [0.717, 1.165) is 39.5 Å². The highest BCUT2D eigenvalue weighted by Crippen LogP contribution is 2.42. The Morgan fingerprint density at radius 3 is 2.60 bits per heavy atom. The van der Waals surface area contributed by atoms with Gasteiger partial charge in [-0.2, -0.15) is 0 Å². The van der Waals surface area contributed by atoms with Gasteiger partial charge in [0.15, 0.2) is 5.11 Å². The van der Waals surface area contributed by atoms with Crippen LogP contribution >= 0.6 is 12.2 Å². The molecule has 2 atom stereocenters. The molecule has 43 heavy (non-hydrogen) atoms. The molecular weight excluding hydrogens is 564 g/mol. The Kier molecular flexibility index (Phi) is 8.45. The van der Waals surface area contributed by atoms with Gasteiger partial charge in [-0.25, -0.2) is 0 Å². The van der Waals surface area contributed by atoms with Gasteiger partial charge in [-0.1, -0.05) is 18.2 Å². The van der Waals surface area contributed by atoms with Gasteiger partial charge in [-0.3, -0.25) is 19.9 Å². The Hall–Kier alpha value is -4.77. The lowest BCUT2D eigenvalue weighted by Gasteiger charge is -2.28. The third kappa shape index (κ3) is 5.94. The molecule has 1 aliphatic heterocycles. The smallest absolute Gasteiger partial charge is 0.296 e. The molecule has 1 amide bonds. The molecule has 11 heteroatoms. The molecule has 0 aliphatic carbocycles. The minimum absolute atomic E-state index is 0.0611. The number of hydrogen-bond acceptors (Lipinski definition) is 6. The van der Waals surface area contributed by atoms with E-state index in [4.69, 9.17) is 17.0 Å². The van der Waals surface area contributed by atoms with Crippen LogP contribution in [0, 0.1) is 37.8 Å². The standard InChI is InChI=1S/C32H34N6O4S/c1-19-9-10-20(2)26(16-19)34-29(39)13-15-36-31(30(35-32(36)43)25-8-6-7-14-33-25)24-17-21(3)37(22(24)4)27-12-11-23(42-5)18-28(27)38(40)41/h6-12,14,16-18,30-31H,13,15H2,1-5H3,(H,34,39)(H,35,43)/t30-,31-/m0/s1. The van der Waals surface area contributed by atoms with Crippen molar-refractivity contribution in [2.24, 2.45) is 0 Å². The van der Waals surface area contributed by atoms with Crippen molar-refractivity contribution in [3.8, 4) is 11.4 Å². The maximum atomic E-state index is 13.1. The van der Waals surface area contributed by atoms with E-state index in [1.54, 1.807) is 18.3 Å². The number of nitro groups is 1. The summed E-state index contributed by atoms with van der Waals surface area (Å²) in [4.78, 5) is 31.4. The summed E-state index contributed by atoms with van der Waals surface area (Å²) in [6.07, 6.45) is 1.95. The number of carbonyl (C=O) groups is 1. The number of methoxy groups -OCH3 is 1. The second-order valence-electron chi connectivity index (χ2n) is 10.7. The van der Waals surface area contributed by atoms with Crippen LogP contribution in [0.1, 0.15) is 52.3 Å². The molecule has 2 aromatic carbocycles. The second kappa shape index (κ2) is 12.2. The molecule has 5 rings (SSSR count). The SMILES string of the molecule is COc1ccc(-n2c(C)cc([C@H]3[C@H](c4ccccn4)NC(=S)N3CCC(=O)Nc3cc(C)ccc3C)c2C)c([N+](=O)[O-])c1. The molecule has 4 aromatic rings. The van der Waals surface area contributed by atoms with Gasteiger partial charge in [-0.05, 0) is 93.0 Å². The number of carbonyl (C=O) groups excluding carboxylic acids is 1. The van der Waals surface area contributed by atoms with E-state index in [0.29, 0.717) is 23.1 Å². The monoisotopic (exact) mass is 598 g/mol. The summed E-state index contributed by atoms with van der Waals surface area (Å²) in [6, 6.07) is 17.9. The number of anilines is 1. The lowest BCUT2D eigenvalue weighted by Crippen LogP contribution is -2.33. The van der Waals surface area contributed by atoms with E-state index in [-0.39, 0.29) is 30.1 Å². The molecule has 0 saturated carbocycles. The van der Waals surface area contributed by atoms with Crippen molar-refractivity contribution < 1.29 is 14.5 Å². The third-order valence-corrected chi connectivity index (χ3v) is 8.21. The number of nitrogens with zero attached hydrogens (tertiary/aromatic N) is 4. The summed E-state index contributed by atoms with van der Waals surface area (Å²) in [5.74, 6) is 0.292. The van der Waals surface area contributed by atoms with E-state index in [1.165, 1.54) is 13.2 Å². The maximum Gasteiger partial charge on any atom is 0.296 e. The summed E-state index contributed by atoms with van der Waals surface area (Å²) in [5, 5.41) is 19.0. The van der Waals surface area contributed by atoms with Gasteiger partial charge in [0.2, 0.25) is 5.91 Å². The normalized spacial score (nSPS) is 16.2. The lowest BCUT2D eigenvalue weighted by molar-refractivity contribution is -0.384. The summed E-state index contributed by atoms with van der Waals surface area (Å²) in [5.41, 5.74) is 6.61. The molecule has 222 valence electrons. The van der Waals surface area contributed by atoms with Crippen molar-refractivity contribution >= 4 is 34.6 Å². The van der Waals surface area contributed by atoms with E-state index in [2.05, 4.69) is 15.6 Å². The number of benzene rings is 2. The first-order valence-corrected chi connectivity index (χ1v) is 14.4. The van der Waals surface area contributed by atoms with Gasteiger partial charge >= 0.3 is 0 Å². The molecule has 10 nitrogen and oxygen atoms in total. The van der Waals surface area contributed by atoms with E-state index in [9.17, 15) is 14.9 Å². The molecular formula is C32H34N6O4S. The van der Waals surface area contributed by atoms with Gasteiger partial charge in [0.1, 0.15) is 11.4 Å². The van der Waals surface area contributed by atoms with Crippen LogP contribution in [0.4, 0.5) is 11.4 Å². The minimum atomic E-state index is -0.403. The Labute approximate surface area is 255 Å². The maximum absolute atomic E-state index is 13.1. The molecule has 0 spiro atoms. The van der Waals surface area contributed by atoms with Crippen LogP contribution in [0.15, 0.2) is 66.9 Å². The summed E-state index contributed by atoms with van der Waals surface area (Å²) < 4.78 is 7.13. The van der Waals surface area contributed by atoms with Crippen LogP contribution in [0.5, 0.6) is 5.75 Å². The van der Waals surface area contributed by atoms with Crippen molar-refractivity contribution in [2.75, 3.05) is 19.0 Å². The Morgan fingerprint density at radius 1 is 1.12 bits per heavy atom. The number of thiocarbonyl (C=S) groups is 1. The first kappa shape index (κ1) is 29.7. The van der Waals surface area contributed by atoms with Gasteiger partial charge in [0, 0.05) is 36.2 Å². The van der Waals surface area contributed by atoms with Crippen LogP contribution < -0.4 is 15.4 Å². The van der Waals surface area contributed by atoms with Crippen LogP contribution in [-0.4, -0.2) is 44.0 Å². The first-order chi connectivity index (χ1) is 20.6. The summed E-state index contributed by atoms with van der Waals surface area (Å²) in [6.45, 7) is 8.18. The van der Waals surface area contributed by atoms with Gasteiger partial charge in [-0.15, -0.1) is 0 Å². The quantitative estimate of drug-likeness (QED) is 0.137. The van der Waals surface area contributed by atoms with Gasteiger partial charge in [0.05, 0.1) is 35.9 Å². The number of pyridine rings is 1. The van der Waals surface area contributed by atoms with E-state index >= 15 is 0 Å². The molecule has 2 N–H and O–H groups in total. The fourth-order valence-corrected chi connectivity index (χ4v) is 6.05. The number of aromatic nitrogens is 2. The summed E-state index contributed by atoms with van der Waals surface area (Å²) in [7, 11) is 1.48. The lowest BCUT2D eigenvalue weighted by atomic mass is 9.96. The molecule has 0 unspecified atom stereocenters. The van der Waals surface area contributed by atoms with Crippen molar-refractivity contribution in [3.05, 3.63) is 111 Å². The zero-order valence-electron chi connectivity index (χ0n) is 24.7. The number of nitrogens with one attached hydrogen (secondary N) is 2. The topological polar surface area (TPSA) is 115 Å². The Balaban J connectivity index is 1.51. The zero-order valence-corrected chi connectivity index (χ0v) is 25.6. The average molecular weight is 599 g/mol.